The lowest BCUT2D eigenvalue weighted by atomic mass is 10.2. The predicted molar refractivity (Wildman–Crippen MR) is 72.9 cm³/mol. The number of nitrogens with zero attached hydrogens (tertiary/aromatic N) is 2. The number of halogens is 1. The Morgan fingerprint density at radius 3 is 2.90 bits per heavy atom. The average molecular weight is 296 g/mol. The SMILES string of the molecule is COc1cncc(NCc2ccc(S(N)=O)c(F)c2)n1. The van der Waals surface area contributed by atoms with Gasteiger partial charge >= 0.3 is 0 Å². The molecule has 0 aliphatic rings. The van der Waals surface area contributed by atoms with E-state index in [-0.39, 0.29) is 4.90 Å². The standard InChI is InChI=1S/C12H13FN4O2S/c1-19-12-7-15-6-11(17-12)16-5-8-2-3-10(20(14)18)9(13)4-8/h2-4,6-7H,5,14H2,1H3,(H,16,17). The maximum Gasteiger partial charge on any atom is 0.233 e. The van der Waals surface area contributed by atoms with E-state index in [0.29, 0.717) is 23.8 Å². The Kier molecular flexibility index (Phi) is 4.59. The van der Waals surface area contributed by atoms with Crippen LogP contribution in [-0.2, 0) is 17.5 Å². The Morgan fingerprint density at radius 2 is 2.25 bits per heavy atom. The minimum atomic E-state index is -1.83. The lowest BCUT2D eigenvalue weighted by molar-refractivity contribution is 0.396. The summed E-state index contributed by atoms with van der Waals surface area (Å²) in [5.41, 5.74) is 0.668. The van der Waals surface area contributed by atoms with Crippen molar-refractivity contribution in [2.24, 2.45) is 5.14 Å². The monoisotopic (exact) mass is 296 g/mol. The number of anilines is 1. The molecule has 0 spiro atoms. The van der Waals surface area contributed by atoms with Crippen molar-refractivity contribution >= 4 is 16.8 Å². The van der Waals surface area contributed by atoms with E-state index in [4.69, 9.17) is 9.88 Å². The zero-order chi connectivity index (χ0) is 14.5. The number of nitrogens with two attached hydrogens (primary N) is 1. The van der Waals surface area contributed by atoms with Crippen LogP contribution in [0.3, 0.4) is 0 Å². The number of hydrogen-bond acceptors (Lipinski definition) is 5. The highest BCUT2D eigenvalue weighted by Crippen LogP contribution is 2.14. The Balaban J connectivity index is 2.07. The molecule has 8 heteroatoms. The topological polar surface area (TPSA) is 90.1 Å². The van der Waals surface area contributed by atoms with Gasteiger partial charge in [0.2, 0.25) is 5.88 Å². The van der Waals surface area contributed by atoms with Crippen LogP contribution in [0.5, 0.6) is 5.88 Å². The third-order valence-corrected chi connectivity index (χ3v) is 3.27. The van der Waals surface area contributed by atoms with Crippen LogP contribution in [0.2, 0.25) is 0 Å². The maximum absolute atomic E-state index is 13.6. The number of benzene rings is 1. The van der Waals surface area contributed by atoms with Crippen molar-refractivity contribution in [1.29, 1.82) is 0 Å². The molecule has 2 rings (SSSR count). The van der Waals surface area contributed by atoms with Crippen molar-refractivity contribution < 1.29 is 13.3 Å². The van der Waals surface area contributed by atoms with Crippen LogP contribution in [0.1, 0.15) is 5.56 Å². The number of aromatic nitrogens is 2. The summed E-state index contributed by atoms with van der Waals surface area (Å²) in [6.07, 6.45) is 3.01. The van der Waals surface area contributed by atoms with Gasteiger partial charge in [0.05, 0.1) is 24.4 Å². The lowest BCUT2D eigenvalue weighted by Crippen LogP contribution is -2.07. The highest BCUT2D eigenvalue weighted by Gasteiger charge is 2.07. The first-order chi connectivity index (χ1) is 9.60. The average Bonchev–Trinajstić information content (AvgIpc) is 2.45. The van der Waals surface area contributed by atoms with Crippen LogP contribution >= 0.6 is 0 Å². The molecular weight excluding hydrogens is 283 g/mol. The largest absolute Gasteiger partial charge is 0.480 e. The summed E-state index contributed by atoms with van der Waals surface area (Å²) in [5.74, 6) is 0.299. The third-order valence-electron chi connectivity index (χ3n) is 2.51. The highest BCUT2D eigenvalue weighted by atomic mass is 32.2. The van der Waals surface area contributed by atoms with Crippen LogP contribution in [0.25, 0.3) is 0 Å². The molecule has 106 valence electrons. The Morgan fingerprint density at radius 1 is 1.45 bits per heavy atom. The smallest absolute Gasteiger partial charge is 0.233 e. The second-order valence-corrected chi connectivity index (χ2v) is 4.90. The van der Waals surface area contributed by atoms with Gasteiger partial charge in [0.25, 0.3) is 0 Å². The molecule has 0 fully saturated rings. The Bertz CT molecular complexity index is 639. The molecular formula is C12H13FN4O2S. The fraction of sp³-hybridized carbons (Fsp3) is 0.167. The van der Waals surface area contributed by atoms with E-state index in [9.17, 15) is 8.60 Å². The van der Waals surface area contributed by atoms with Crippen LogP contribution in [-0.4, -0.2) is 21.3 Å². The van der Waals surface area contributed by atoms with E-state index in [1.807, 2.05) is 0 Å². The molecule has 0 radical (unpaired) electrons. The molecule has 2 aromatic rings. The van der Waals surface area contributed by atoms with Crippen molar-refractivity contribution in [2.45, 2.75) is 11.4 Å². The maximum atomic E-state index is 13.6. The Hall–Kier alpha value is -2.06. The van der Waals surface area contributed by atoms with Crippen molar-refractivity contribution in [1.82, 2.24) is 9.97 Å². The van der Waals surface area contributed by atoms with Gasteiger partial charge in [0.15, 0.2) is 0 Å². The van der Waals surface area contributed by atoms with Gasteiger partial charge in [-0.15, -0.1) is 0 Å². The van der Waals surface area contributed by atoms with Crippen LogP contribution in [0, 0.1) is 5.82 Å². The number of methoxy groups -OCH3 is 1. The van der Waals surface area contributed by atoms with Gasteiger partial charge < -0.3 is 10.1 Å². The van der Waals surface area contributed by atoms with Crippen molar-refractivity contribution in [3.05, 3.63) is 42.0 Å². The molecule has 0 amide bonds. The number of ether oxygens (including phenoxy) is 1. The first kappa shape index (κ1) is 14.4. The van der Waals surface area contributed by atoms with Gasteiger partial charge in [-0.1, -0.05) is 6.07 Å². The molecule has 3 N–H and O–H groups in total. The number of hydrogen-bond donors (Lipinski definition) is 2. The molecule has 0 bridgehead atoms. The van der Waals surface area contributed by atoms with Gasteiger partial charge in [-0.25, -0.2) is 13.7 Å². The molecule has 0 saturated heterocycles. The summed E-state index contributed by atoms with van der Waals surface area (Å²) in [4.78, 5) is 8.04. The van der Waals surface area contributed by atoms with E-state index in [1.165, 1.54) is 31.6 Å². The van der Waals surface area contributed by atoms with Gasteiger partial charge in [-0.3, -0.25) is 4.98 Å². The van der Waals surface area contributed by atoms with E-state index >= 15 is 0 Å². The van der Waals surface area contributed by atoms with Gasteiger partial charge in [0, 0.05) is 6.54 Å². The van der Waals surface area contributed by atoms with E-state index in [1.54, 1.807) is 6.07 Å². The lowest BCUT2D eigenvalue weighted by Gasteiger charge is -2.07. The quantitative estimate of drug-likeness (QED) is 0.865. The zero-order valence-corrected chi connectivity index (χ0v) is 11.5. The van der Waals surface area contributed by atoms with Gasteiger partial charge in [-0.2, -0.15) is 4.98 Å². The van der Waals surface area contributed by atoms with Crippen molar-refractivity contribution in [3.63, 3.8) is 0 Å². The molecule has 6 nitrogen and oxygen atoms in total. The minimum absolute atomic E-state index is 0.0186. The van der Waals surface area contributed by atoms with E-state index in [2.05, 4.69) is 15.3 Å². The predicted octanol–water partition coefficient (Wildman–Crippen LogP) is 1.22. The van der Waals surface area contributed by atoms with Crippen molar-refractivity contribution in [2.75, 3.05) is 12.4 Å². The van der Waals surface area contributed by atoms with Crippen LogP contribution in [0.4, 0.5) is 10.2 Å². The van der Waals surface area contributed by atoms with Crippen molar-refractivity contribution in [3.8, 4) is 5.88 Å². The summed E-state index contributed by atoms with van der Waals surface area (Å²) in [6.45, 7) is 0.344. The molecule has 1 aromatic heterocycles. The summed E-state index contributed by atoms with van der Waals surface area (Å²) in [7, 11) is -0.332. The van der Waals surface area contributed by atoms with Gasteiger partial charge in [0.1, 0.15) is 22.6 Å². The summed E-state index contributed by atoms with van der Waals surface area (Å²) < 4.78 is 29.6. The van der Waals surface area contributed by atoms with E-state index < -0.39 is 16.8 Å². The second kappa shape index (κ2) is 6.40. The molecule has 0 saturated carbocycles. The second-order valence-electron chi connectivity index (χ2n) is 3.86. The molecule has 1 aromatic carbocycles. The molecule has 0 aliphatic heterocycles. The molecule has 1 heterocycles. The first-order valence-corrected chi connectivity index (χ1v) is 6.86. The number of rotatable bonds is 5. The molecule has 20 heavy (non-hydrogen) atoms. The van der Waals surface area contributed by atoms with E-state index in [0.717, 1.165) is 0 Å². The zero-order valence-electron chi connectivity index (χ0n) is 10.7. The third kappa shape index (κ3) is 3.49. The first-order valence-electron chi connectivity index (χ1n) is 5.64. The van der Waals surface area contributed by atoms with Crippen LogP contribution in [0.15, 0.2) is 35.5 Å². The molecule has 0 aliphatic carbocycles. The minimum Gasteiger partial charge on any atom is -0.480 e. The summed E-state index contributed by atoms with van der Waals surface area (Å²) in [6, 6.07) is 4.32. The van der Waals surface area contributed by atoms with Gasteiger partial charge in [-0.05, 0) is 17.7 Å². The number of nitrogens with one attached hydrogen (secondary N) is 1. The molecule has 1 atom stereocenters. The van der Waals surface area contributed by atoms with Crippen LogP contribution < -0.4 is 15.2 Å². The molecule has 1 unspecified atom stereocenters. The normalized spacial score (nSPS) is 11.9. The highest BCUT2D eigenvalue weighted by molar-refractivity contribution is 7.82. The Labute approximate surface area is 117 Å². The summed E-state index contributed by atoms with van der Waals surface area (Å²) >= 11 is 0. The fourth-order valence-corrected chi connectivity index (χ4v) is 1.99. The summed E-state index contributed by atoms with van der Waals surface area (Å²) in [5, 5.41) is 8.13. The fourth-order valence-electron chi connectivity index (χ4n) is 1.54.